The molecule has 0 aromatic heterocycles. The van der Waals surface area contributed by atoms with Gasteiger partial charge in [0, 0.05) is 25.6 Å². The Balaban J connectivity index is 2.51. The molecule has 0 bridgehead atoms. The van der Waals surface area contributed by atoms with Crippen molar-refractivity contribution in [3.63, 3.8) is 0 Å². The van der Waals surface area contributed by atoms with Crippen LogP contribution in [-0.2, 0) is 10.0 Å². The molecule has 0 unspecified atom stereocenters. The van der Waals surface area contributed by atoms with Crippen molar-refractivity contribution < 1.29 is 27.9 Å². The second-order valence-electron chi connectivity index (χ2n) is 8.66. The van der Waals surface area contributed by atoms with E-state index in [1.165, 1.54) is 11.0 Å². The zero-order chi connectivity index (χ0) is 24.2. The predicted molar refractivity (Wildman–Crippen MR) is 122 cm³/mol. The summed E-state index contributed by atoms with van der Waals surface area (Å²) in [6.07, 6.45) is 0.474. The molecule has 0 fully saturated rings. The average Bonchev–Trinajstić information content (AvgIpc) is 2.68. The summed E-state index contributed by atoms with van der Waals surface area (Å²) in [5, 5.41) is 12.5. The highest BCUT2D eigenvalue weighted by atomic mass is 32.2. The minimum absolute atomic E-state index is 0.0366. The number of urea groups is 1. The summed E-state index contributed by atoms with van der Waals surface area (Å²) in [7, 11) is -1.99. The van der Waals surface area contributed by atoms with E-state index in [4.69, 9.17) is 4.74 Å². The number of ether oxygens (including phenoxy) is 1. The van der Waals surface area contributed by atoms with Gasteiger partial charge in [0.25, 0.3) is 5.91 Å². The molecule has 1 aliphatic heterocycles. The van der Waals surface area contributed by atoms with Crippen LogP contribution in [0.3, 0.4) is 0 Å². The minimum atomic E-state index is -3.63. The lowest BCUT2D eigenvalue weighted by atomic mass is 9.99. The van der Waals surface area contributed by atoms with Gasteiger partial charge in [-0.05, 0) is 32.9 Å². The van der Waals surface area contributed by atoms with Crippen molar-refractivity contribution in [1.82, 2.24) is 15.1 Å². The number of hydrogen-bond donors (Lipinski definition) is 3. The molecular formula is C21H34N4O6S. The van der Waals surface area contributed by atoms with Crippen molar-refractivity contribution in [2.45, 2.75) is 45.9 Å². The second-order valence-corrected chi connectivity index (χ2v) is 10.4. The van der Waals surface area contributed by atoms with Crippen LogP contribution in [0.25, 0.3) is 0 Å². The smallest absolute Gasteiger partial charge is 0.317 e. The number of rotatable bonds is 7. The fourth-order valence-electron chi connectivity index (χ4n) is 3.45. The molecule has 10 nitrogen and oxygen atoms in total. The first-order valence-corrected chi connectivity index (χ1v) is 12.4. The van der Waals surface area contributed by atoms with Gasteiger partial charge in [-0.1, -0.05) is 13.0 Å². The van der Waals surface area contributed by atoms with E-state index in [0.29, 0.717) is 6.54 Å². The largest absolute Gasteiger partial charge is 0.485 e. The first kappa shape index (κ1) is 25.7. The summed E-state index contributed by atoms with van der Waals surface area (Å²) in [6.45, 7) is 7.64. The number of nitrogens with zero attached hydrogens (tertiary/aromatic N) is 2. The van der Waals surface area contributed by atoms with Gasteiger partial charge < -0.3 is 25.0 Å². The van der Waals surface area contributed by atoms with E-state index in [0.717, 1.165) is 6.26 Å². The summed E-state index contributed by atoms with van der Waals surface area (Å²) in [5.41, 5.74) is 0.327. The molecule has 3 N–H and O–H groups in total. The molecule has 0 spiro atoms. The maximum absolute atomic E-state index is 13.3. The summed E-state index contributed by atoms with van der Waals surface area (Å²) in [4.78, 5) is 28.8. The third-order valence-corrected chi connectivity index (χ3v) is 5.79. The number of para-hydroxylation sites is 1. The summed E-state index contributed by atoms with van der Waals surface area (Å²) in [5.74, 6) is -0.483. The van der Waals surface area contributed by atoms with Gasteiger partial charge in [-0.15, -0.1) is 0 Å². The van der Waals surface area contributed by atoms with Gasteiger partial charge in [-0.3, -0.25) is 9.52 Å². The van der Waals surface area contributed by atoms with E-state index in [1.54, 1.807) is 31.0 Å². The fourth-order valence-corrected chi connectivity index (χ4v) is 4.01. The number of amides is 3. The number of aliphatic hydroxyl groups is 1. The number of sulfonamides is 1. The summed E-state index contributed by atoms with van der Waals surface area (Å²) >= 11 is 0. The van der Waals surface area contributed by atoms with Crippen LogP contribution < -0.4 is 14.8 Å². The van der Waals surface area contributed by atoms with Gasteiger partial charge >= 0.3 is 6.03 Å². The zero-order valence-electron chi connectivity index (χ0n) is 19.5. The quantitative estimate of drug-likeness (QED) is 0.552. The Morgan fingerprint density at radius 3 is 2.56 bits per heavy atom. The number of anilines is 1. The first-order chi connectivity index (χ1) is 14.8. The zero-order valence-corrected chi connectivity index (χ0v) is 20.3. The molecular weight excluding hydrogens is 436 g/mol. The van der Waals surface area contributed by atoms with Crippen molar-refractivity contribution in [2.75, 3.05) is 37.7 Å². The number of likely N-dealkylation sites (N-methyl/N-ethyl adjacent to an activating group) is 1. The molecule has 0 saturated carbocycles. The molecule has 1 heterocycles. The molecule has 11 heteroatoms. The van der Waals surface area contributed by atoms with Gasteiger partial charge in [0.2, 0.25) is 10.0 Å². The van der Waals surface area contributed by atoms with E-state index in [-0.39, 0.29) is 54.1 Å². The molecule has 2 rings (SSSR count). The van der Waals surface area contributed by atoms with Crippen LogP contribution in [0.4, 0.5) is 10.5 Å². The summed E-state index contributed by atoms with van der Waals surface area (Å²) < 4.78 is 32.4. The number of aliphatic hydroxyl groups excluding tert-OH is 1. The molecule has 3 atom stereocenters. The lowest BCUT2D eigenvalue weighted by Gasteiger charge is -2.38. The van der Waals surface area contributed by atoms with E-state index in [9.17, 15) is 23.1 Å². The standard InChI is InChI=1S/C21H34N4O6S/c1-13(2)22-21(28)24(5)11-18-14(3)10-25(15(4)12-26)20(27)16-8-7-9-17(19(16)31-18)23-32(6,29)30/h7-9,13-15,18,23,26H,10-12H2,1-6H3,(H,22,28)/t14-,15-,18+/m0/s1. The van der Waals surface area contributed by atoms with Gasteiger partial charge in [0.05, 0.1) is 36.7 Å². The van der Waals surface area contributed by atoms with Gasteiger partial charge in [-0.25, -0.2) is 13.2 Å². The topological polar surface area (TPSA) is 128 Å². The second kappa shape index (κ2) is 10.4. The van der Waals surface area contributed by atoms with E-state index in [1.807, 2.05) is 20.8 Å². The molecule has 0 saturated heterocycles. The highest BCUT2D eigenvalue weighted by Crippen LogP contribution is 2.35. The monoisotopic (exact) mass is 470 g/mol. The minimum Gasteiger partial charge on any atom is -0.485 e. The van der Waals surface area contributed by atoms with Crippen molar-refractivity contribution in [1.29, 1.82) is 0 Å². The predicted octanol–water partition coefficient (Wildman–Crippen LogP) is 1.33. The third kappa shape index (κ3) is 6.49. The Kier molecular flexibility index (Phi) is 8.35. The molecule has 180 valence electrons. The van der Waals surface area contributed by atoms with Crippen LogP contribution in [0.1, 0.15) is 38.1 Å². The van der Waals surface area contributed by atoms with Crippen LogP contribution in [0, 0.1) is 5.92 Å². The normalized spacial score (nSPS) is 20.0. The molecule has 1 aromatic carbocycles. The highest BCUT2D eigenvalue weighted by molar-refractivity contribution is 7.92. The Morgan fingerprint density at radius 2 is 2.00 bits per heavy atom. The number of benzene rings is 1. The average molecular weight is 471 g/mol. The Bertz CT molecular complexity index is 936. The van der Waals surface area contributed by atoms with Crippen LogP contribution in [0.2, 0.25) is 0 Å². The van der Waals surface area contributed by atoms with Gasteiger partial charge in [-0.2, -0.15) is 0 Å². The van der Waals surface area contributed by atoms with E-state index in [2.05, 4.69) is 10.0 Å². The Morgan fingerprint density at radius 1 is 1.34 bits per heavy atom. The lowest BCUT2D eigenvalue weighted by molar-refractivity contribution is 0.0369. The molecule has 32 heavy (non-hydrogen) atoms. The maximum atomic E-state index is 13.3. The van der Waals surface area contributed by atoms with Crippen LogP contribution in [0.15, 0.2) is 18.2 Å². The van der Waals surface area contributed by atoms with E-state index >= 15 is 0 Å². The van der Waals surface area contributed by atoms with Crippen molar-refractivity contribution >= 4 is 27.6 Å². The van der Waals surface area contributed by atoms with Gasteiger partial charge in [0.1, 0.15) is 6.10 Å². The van der Waals surface area contributed by atoms with Crippen LogP contribution in [0.5, 0.6) is 5.75 Å². The highest BCUT2D eigenvalue weighted by Gasteiger charge is 2.35. The Hall–Kier alpha value is -2.53. The summed E-state index contributed by atoms with van der Waals surface area (Å²) in [6, 6.07) is 3.89. The molecule has 1 aliphatic rings. The fraction of sp³-hybridized carbons (Fsp3) is 0.619. The van der Waals surface area contributed by atoms with Crippen molar-refractivity contribution in [3.8, 4) is 5.75 Å². The Labute approximate surface area is 190 Å². The van der Waals surface area contributed by atoms with Crippen LogP contribution >= 0.6 is 0 Å². The number of fused-ring (bicyclic) bond motifs is 1. The molecule has 3 amide bonds. The lowest BCUT2D eigenvalue weighted by Crippen LogP contribution is -2.51. The van der Waals surface area contributed by atoms with Crippen LogP contribution in [-0.4, -0.2) is 86.4 Å². The molecule has 0 aliphatic carbocycles. The van der Waals surface area contributed by atoms with Crippen molar-refractivity contribution in [3.05, 3.63) is 23.8 Å². The molecule has 1 aromatic rings. The van der Waals surface area contributed by atoms with Gasteiger partial charge in [0.15, 0.2) is 5.75 Å². The van der Waals surface area contributed by atoms with Crippen molar-refractivity contribution in [2.24, 2.45) is 5.92 Å². The first-order valence-electron chi connectivity index (χ1n) is 10.5. The third-order valence-electron chi connectivity index (χ3n) is 5.20. The van der Waals surface area contributed by atoms with E-state index < -0.39 is 22.2 Å². The number of carbonyl (C=O) groups excluding carboxylic acids is 2. The number of carbonyl (C=O) groups is 2. The maximum Gasteiger partial charge on any atom is 0.317 e. The number of hydrogen-bond acceptors (Lipinski definition) is 6. The molecule has 0 radical (unpaired) electrons. The number of nitrogens with one attached hydrogen (secondary N) is 2. The SMILES string of the molecule is CC(C)NC(=O)N(C)C[C@H]1Oc2c(NS(C)(=O)=O)cccc2C(=O)N([C@@H](C)CO)C[C@@H]1C.